The van der Waals surface area contributed by atoms with Gasteiger partial charge in [-0.1, -0.05) is 6.07 Å². The lowest BCUT2D eigenvalue weighted by Gasteiger charge is -2.23. The van der Waals surface area contributed by atoms with Crippen molar-refractivity contribution < 1.29 is 14.3 Å². The van der Waals surface area contributed by atoms with Crippen LogP contribution in [0.25, 0.3) is 0 Å². The highest BCUT2D eigenvalue weighted by molar-refractivity contribution is 5.94. The molecule has 128 valence electrons. The summed E-state index contributed by atoms with van der Waals surface area (Å²) in [6.45, 7) is 3.32. The Bertz CT molecular complexity index is 500. The molecule has 2 aliphatic heterocycles. The van der Waals surface area contributed by atoms with Gasteiger partial charge in [-0.2, -0.15) is 0 Å². The summed E-state index contributed by atoms with van der Waals surface area (Å²) in [5.74, 6) is 0.711. The number of hydrogen-bond acceptors (Lipinski definition) is 4. The second-order valence-corrected chi connectivity index (χ2v) is 5.97. The van der Waals surface area contributed by atoms with Gasteiger partial charge >= 0.3 is 0 Å². The third kappa shape index (κ3) is 5.37. The first-order valence-corrected chi connectivity index (χ1v) is 8.17. The Morgan fingerprint density at radius 3 is 2.87 bits per heavy atom. The molecule has 2 N–H and O–H groups in total. The molecule has 0 aromatic heterocycles. The summed E-state index contributed by atoms with van der Waals surface area (Å²) >= 11 is 0. The monoisotopic (exact) mass is 340 g/mol. The molecule has 6 heteroatoms. The highest BCUT2D eigenvalue weighted by atomic mass is 35.5. The number of halogens is 1. The molecule has 0 bridgehead atoms. The minimum absolute atomic E-state index is 0. The molecule has 5 nitrogen and oxygen atoms in total. The molecule has 0 spiro atoms. The van der Waals surface area contributed by atoms with Crippen LogP contribution in [0.15, 0.2) is 24.3 Å². The quantitative estimate of drug-likeness (QED) is 0.862. The second kappa shape index (κ2) is 9.11. The molecule has 3 rings (SSSR count). The van der Waals surface area contributed by atoms with Gasteiger partial charge in [-0.15, -0.1) is 12.4 Å². The molecule has 0 radical (unpaired) electrons. The van der Waals surface area contributed by atoms with Crippen molar-refractivity contribution in [2.24, 2.45) is 0 Å². The molecule has 23 heavy (non-hydrogen) atoms. The lowest BCUT2D eigenvalue weighted by atomic mass is 10.1. The van der Waals surface area contributed by atoms with Gasteiger partial charge in [-0.3, -0.25) is 4.79 Å². The van der Waals surface area contributed by atoms with Crippen molar-refractivity contribution in [1.29, 1.82) is 0 Å². The van der Waals surface area contributed by atoms with Crippen molar-refractivity contribution >= 4 is 18.3 Å². The summed E-state index contributed by atoms with van der Waals surface area (Å²) in [5, 5.41) is 6.40. The van der Waals surface area contributed by atoms with Crippen molar-refractivity contribution in [1.82, 2.24) is 10.6 Å². The molecule has 2 aliphatic rings. The normalized spacial score (nSPS) is 21.5. The van der Waals surface area contributed by atoms with E-state index in [4.69, 9.17) is 9.47 Å². The number of ether oxygens (including phenoxy) is 2. The SMILES string of the molecule is Cl.O=C(NC1CCNCC1)c1cccc(OCC2CCCO2)c1. The Morgan fingerprint density at radius 1 is 1.30 bits per heavy atom. The fourth-order valence-corrected chi connectivity index (χ4v) is 2.93. The van der Waals surface area contributed by atoms with Crippen LogP contribution in [-0.4, -0.2) is 44.4 Å². The average Bonchev–Trinajstić information content (AvgIpc) is 3.08. The molecule has 2 fully saturated rings. The van der Waals surface area contributed by atoms with E-state index in [0.29, 0.717) is 12.2 Å². The topological polar surface area (TPSA) is 59.6 Å². The summed E-state index contributed by atoms with van der Waals surface area (Å²) in [6, 6.07) is 7.66. The van der Waals surface area contributed by atoms with Gasteiger partial charge in [0.25, 0.3) is 5.91 Å². The summed E-state index contributed by atoms with van der Waals surface area (Å²) in [6.07, 6.45) is 4.32. The van der Waals surface area contributed by atoms with Crippen LogP contribution in [0.5, 0.6) is 5.75 Å². The summed E-state index contributed by atoms with van der Waals surface area (Å²) in [4.78, 5) is 12.3. The van der Waals surface area contributed by atoms with Crippen molar-refractivity contribution in [2.75, 3.05) is 26.3 Å². The van der Waals surface area contributed by atoms with Gasteiger partial charge in [-0.05, 0) is 57.0 Å². The van der Waals surface area contributed by atoms with Crippen LogP contribution in [0.1, 0.15) is 36.0 Å². The Kier molecular flexibility index (Phi) is 7.15. The molecule has 1 atom stereocenters. The van der Waals surface area contributed by atoms with E-state index >= 15 is 0 Å². The summed E-state index contributed by atoms with van der Waals surface area (Å²) < 4.78 is 11.3. The number of carbonyl (C=O) groups excluding carboxylic acids is 1. The van der Waals surface area contributed by atoms with Gasteiger partial charge in [0.05, 0.1) is 6.10 Å². The van der Waals surface area contributed by atoms with E-state index in [1.165, 1.54) is 0 Å². The lowest BCUT2D eigenvalue weighted by Crippen LogP contribution is -2.42. The van der Waals surface area contributed by atoms with Crippen LogP contribution in [-0.2, 0) is 4.74 Å². The summed E-state index contributed by atoms with van der Waals surface area (Å²) in [5.41, 5.74) is 0.656. The Hall–Kier alpha value is -1.30. The number of nitrogens with one attached hydrogen (secondary N) is 2. The maximum Gasteiger partial charge on any atom is 0.251 e. The van der Waals surface area contributed by atoms with E-state index in [-0.39, 0.29) is 30.5 Å². The molecule has 1 amide bonds. The van der Waals surface area contributed by atoms with Gasteiger partial charge in [0.2, 0.25) is 0 Å². The molecule has 0 aliphatic carbocycles. The Balaban J connectivity index is 0.00000192. The average molecular weight is 341 g/mol. The first-order valence-electron chi connectivity index (χ1n) is 8.17. The highest BCUT2D eigenvalue weighted by Gasteiger charge is 2.18. The zero-order valence-electron chi connectivity index (χ0n) is 13.3. The first kappa shape index (κ1) is 18.0. The molecule has 0 saturated carbocycles. The van der Waals surface area contributed by atoms with Crippen molar-refractivity contribution in [3.05, 3.63) is 29.8 Å². The zero-order valence-corrected chi connectivity index (χ0v) is 14.1. The van der Waals surface area contributed by atoms with Crippen molar-refractivity contribution in [2.45, 2.75) is 37.8 Å². The molecule has 2 saturated heterocycles. The minimum atomic E-state index is -0.0190. The number of rotatable bonds is 5. The molecule has 1 aromatic carbocycles. The van der Waals surface area contributed by atoms with Crippen molar-refractivity contribution in [3.63, 3.8) is 0 Å². The molecule has 1 aromatic rings. The van der Waals surface area contributed by atoms with Crippen LogP contribution in [0.2, 0.25) is 0 Å². The first-order chi connectivity index (χ1) is 10.8. The van der Waals surface area contributed by atoms with Crippen LogP contribution >= 0.6 is 12.4 Å². The van der Waals surface area contributed by atoms with E-state index in [1.54, 1.807) is 0 Å². The number of hydrogen-bond donors (Lipinski definition) is 2. The number of piperidine rings is 1. The fourth-order valence-electron chi connectivity index (χ4n) is 2.93. The number of carbonyl (C=O) groups is 1. The Morgan fingerprint density at radius 2 is 2.13 bits per heavy atom. The molecular formula is C17H25ClN2O3. The maximum atomic E-state index is 12.3. The summed E-state index contributed by atoms with van der Waals surface area (Å²) in [7, 11) is 0. The van der Waals surface area contributed by atoms with Gasteiger partial charge in [0.1, 0.15) is 12.4 Å². The second-order valence-electron chi connectivity index (χ2n) is 5.97. The van der Waals surface area contributed by atoms with E-state index in [1.807, 2.05) is 24.3 Å². The maximum absolute atomic E-state index is 12.3. The third-order valence-corrected chi connectivity index (χ3v) is 4.23. The molecule has 1 unspecified atom stereocenters. The largest absolute Gasteiger partial charge is 0.491 e. The number of benzene rings is 1. The molecular weight excluding hydrogens is 316 g/mol. The van der Waals surface area contributed by atoms with E-state index in [9.17, 15) is 4.79 Å². The van der Waals surface area contributed by atoms with Gasteiger partial charge in [0.15, 0.2) is 0 Å². The van der Waals surface area contributed by atoms with Gasteiger partial charge in [-0.25, -0.2) is 0 Å². The van der Waals surface area contributed by atoms with E-state index < -0.39 is 0 Å². The zero-order chi connectivity index (χ0) is 15.2. The lowest BCUT2D eigenvalue weighted by molar-refractivity contribution is 0.0679. The Labute approximate surface area is 143 Å². The van der Waals surface area contributed by atoms with E-state index in [2.05, 4.69) is 10.6 Å². The fraction of sp³-hybridized carbons (Fsp3) is 0.588. The van der Waals surface area contributed by atoms with Crippen LogP contribution < -0.4 is 15.4 Å². The van der Waals surface area contributed by atoms with Crippen LogP contribution in [0.4, 0.5) is 0 Å². The van der Waals surface area contributed by atoms with Crippen LogP contribution in [0.3, 0.4) is 0 Å². The van der Waals surface area contributed by atoms with Crippen molar-refractivity contribution in [3.8, 4) is 5.75 Å². The third-order valence-electron chi connectivity index (χ3n) is 4.23. The predicted octanol–water partition coefficient (Wildman–Crippen LogP) is 2.15. The minimum Gasteiger partial charge on any atom is -0.491 e. The van der Waals surface area contributed by atoms with Gasteiger partial charge in [0, 0.05) is 18.2 Å². The predicted molar refractivity (Wildman–Crippen MR) is 91.5 cm³/mol. The highest BCUT2D eigenvalue weighted by Crippen LogP contribution is 2.17. The smallest absolute Gasteiger partial charge is 0.251 e. The number of amides is 1. The van der Waals surface area contributed by atoms with Gasteiger partial charge < -0.3 is 20.1 Å². The van der Waals surface area contributed by atoms with Crippen LogP contribution in [0, 0.1) is 0 Å². The van der Waals surface area contributed by atoms with E-state index in [0.717, 1.165) is 51.1 Å². The molecule has 2 heterocycles. The standard InChI is InChI=1S/C17H24N2O3.ClH/c20-17(19-14-6-8-18-9-7-14)13-3-1-4-15(11-13)22-12-16-5-2-10-21-16;/h1,3-4,11,14,16,18H,2,5-10,12H2,(H,19,20);1H.